The molecule has 1 aromatic heterocycles. The summed E-state index contributed by atoms with van der Waals surface area (Å²) in [7, 11) is 0. The number of carboxylic acids is 1. The van der Waals surface area contributed by atoms with Crippen molar-refractivity contribution < 1.29 is 14.7 Å². The predicted octanol–water partition coefficient (Wildman–Crippen LogP) is 0.802. The zero-order valence-electron chi connectivity index (χ0n) is 11.8. The molecule has 112 valence electrons. The second-order valence-corrected chi connectivity index (χ2v) is 5.66. The third kappa shape index (κ3) is 4.90. The number of nitrogens with two attached hydrogens (primary N) is 1. The minimum absolute atomic E-state index is 0.0985. The summed E-state index contributed by atoms with van der Waals surface area (Å²) in [6, 6.07) is -0.852. The highest BCUT2D eigenvalue weighted by Crippen LogP contribution is 2.12. The van der Waals surface area contributed by atoms with E-state index in [0.29, 0.717) is 25.1 Å². The van der Waals surface area contributed by atoms with Crippen molar-refractivity contribution in [2.45, 2.75) is 39.2 Å². The molecule has 4 N–H and O–H groups in total. The highest BCUT2D eigenvalue weighted by molar-refractivity contribution is 7.09. The van der Waals surface area contributed by atoms with Gasteiger partial charge in [0, 0.05) is 11.8 Å². The van der Waals surface area contributed by atoms with Crippen molar-refractivity contribution in [3.05, 3.63) is 16.1 Å². The van der Waals surface area contributed by atoms with E-state index in [9.17, 15) is 9.59 Å². The van der Waals surface area contributed by atoms with E-state index in [2.05, 4.69) is 10.3 Å². The molecular weight excluding hydrogens is 278 g/mol. The second kappa shape index (κ2) is 7.96. The zero-order valence-corrected chi connectivity index (χ0v) is 12.6. The number of thiazole rings is 1. The van der Waals surface area contributed by atoms with Crippen molar-refractivity contribution in [1.82, 2.24) is 10.3 Å². The van der Waals surface area contributed by atoms with E-state index in [1.165, 1.54) is 11.3 Å². The summed E-state index contributed by atoms with van der Waals surface area (Å²) < 4.78 is 0. The summed E-state index contributed by atoms with van der Waals surface area (Å²) in [4.78, 5) is 27.3. The Bertz CT molecular complexity index is 461. The van der Waals surface area contributed by atoms with E-state index in [1.54, 1.807) is 6.92 Å². The molecule has 2 atom stereocenters. The van der Waals surface area contributed by atoms with Crippen LogP contribution in [-0.4, -0.2) is 34.6 Å². The number of aliphatic carboxylic acids is 1. The summed E-state index contributed by atoms with van der Waals surface area (Å²) in [5.41, 5.74) is 6.10. The number of carbonyl (C=O) groups excluding carboxylic acids is 1. The minimum atomic E-state index is -1.00. The Morgan fingerprint density at radius 1 is 1.55 bits per heavy atom. The predicted molar refractivity (Wildman–Crippen MR) is 77.6 cm³/mol. The highest BCUT2D eigenvalue weighted by atomic mass is 32.1. The number of nitrogens with one attached hydrogen (secondary N) is 1. The van der Waals surface area contributed by atoms with Gasteiger partial charge in [0.2, 0.25) is 5.91 Å². The molecule has 0 aliphatic rings. The Labute approximate surface area is 122 Å². The van der Waals surface area contributed by atoms with Crippen LogP contribution in [0.1, 0.15) is 31.0 Å². The Hall–Kier alpha value is -1.47. The van der Waals surface area contributed by atoms with Gasteiger partial charge in [-0.05, 0) is 12.5 Å². The number of hydrogen-bond donors (Lipinski definition) is 3. The molecule has 0 bridgehead atoms. The normalized spacial score (nSPS) is 13.8. The van der Waals surface area contributed by atoms with Gasteiger partial charge in [-0.2, -0.15) is 0 Å². The van der Waals surface area contributed by atoms with Gasteiger partial charge in [0.05, 0.1) is 17.1 Å². The van der Waals surface area contributed by atoms with Crippen molar-refractivity contribution >= 4 is 23.2 Å². The molecule has 1 heterocycles. The average Bonchev–Trinajstić information content (AvgIpc) is 2.82. The van der Waals surface area contributed by atoms with Crippen molar-refractivity contribution in [3.8, 4) is 0 Å². The molecule has 7 heteroatoms. The van der Waals surface area contributed by atoms with Gasteiger partial charge in [0.25, 0.3) is 0 Å². The second-order valence-electron chi connectivity index (χ2n) is 4.72. The van der Waals surface area contributed by atoms with Gasteiger partial charge in [-0.15, -0.1) is 11.3 Å². The Morgan fingerprint density at radius 2 is 2.25 bits per heavy atom. The van der Waals surface area contributed by atoms with Gasteiger partial charge >= 0.3 is 5.97 Å². The molecule has 0 saturated carbocycles. The van der Waals surface area contributed by atoms with Crippen LogP contribution < -0.4 is 11.1 Å². The van der Waals surface area contributed by atoms with Crippen LogP contribution in [0.4, 0.5) is 0 Å². The maximum absolute atomic E-state index is 11.9. The van der Waals surface area contributed by atoms with E-state index >= 15 is 0 Å². The van der Waals surface area contributed by atoms with Crippen LogP contribution in [0, 0.1) is 5.92 Å². The van der Waals surface area contributed by atoms with Gasteiger partial charge in [-0.25, -0.2) is 9.78 Å². The van der Waals surface area contributed by atoms with E-state index in [-0.39, 0.29) is 18.2 Å². The lowest BCUT2D eigenvalue weighted by molar-refractivity contribution is -0.143. The number of aromatic nitrogens is 1. The van der Waals surface area contributed by atoms with Gasteiger partial charge in [-0.3, -0.25) is 4.79 Å². The van der Waals surface area contributed by atoms with Gasteiger partial charge in [0.1, 0.15) is 6.04 Å². The fraction of sp³-hybridized carbons (Fsp3) is 0.615. The Morgan fingerprint density at radius 3 is 2.80 bits per heavy atom. The molecule has 6 nitrogen and oxygen atoms in total. The van der Waals surface area contributed by atoms with E-state index < -0.39 is 12.0 Å². The summed E-state index contributed by atoms with van der Waals surface area (Å²) in [5.74, 6) is -1.43. The number of carboxylic acid groups (broad SMARTS) is 1. The lowest BCUT2D eigenvalue weighted by Crippen LogP contribution is -2.45. The molecule has 0 fully saturated rings. The van der Waals surface area contributed by atoms with Gasteiger partial charge in [-0.1, -0.05) is 20.3 Å². The lowest BCUT2D eigenvalue weighted by atomic mass is 9.99. The summed E-state index contributed by atoms with van der Waals surface area (Å²) >= 11 is 1.46. The van der Waals surface area contributed by atoms with E-state index in [0.717, 1.165) is 5.01 Å². The standard InChI is InChI=1S/C13H21N3O3S/c1-3-8(2)12(13(18)19)16-10(17)6-9-7-20-11(15-9)4-5-14/h7-8,12H,3-6,14H2,1-2H3,(H,16,17)(H,18,19). The number of nitrogens with zero attached hydrogens (tertiary/aromatic N) is 1. The number of hydrogen-bond acceptors (Lipinski definition) is 5. The first-order chi connectivity index (χ1) is 9.47. The summed E-state index contributed by atoms with van der Waals surface area (Å²) in [6.45, 7) is 4.22. The van der Waals surface area contributed by atoms with Gasteiger partial charge < -0.3 is 16.2 Å². The molecule has 1 amide bonds. The summed E-state index contributed by atoms with van der Waals surface area (Å²) in [6.07, 6.45) is 1.48. The SMILES string of the molecule is CCC(C)C(NC(=O)Cc1csc(CCN)n1)C(=O)O. The quantitative estimate of drug-likeness (QED) is 0.658. The third-order valence-corrected chi connectivity index (χ3v) is 4.05. The molecule has 0 saturated heterocycles. The van der Waals surface area contributed by atoms with Crippen molar-refractivity contribution in [2.24, 2.45) is 11.7 Å². The Balaban J connectivity index is 2.58. The minimum Gasteiger partial charge on any atom is -0.480 e. The molecule has 0 spiro atoms. The Kier molecular flexibility index (Phi) is 6.60. The zero-order chi connectivity index (χ0) is 15.1. The molecule has 20 heavy (non-hydrogen) atoms. The highest BCUT2D eigenvalue weighted by Gasteiger charge is 2.25. The van der Waals surface area contributed by atoms with Crippen molar-refractivity contribution in [2.75, 3.05) is 6.54 Å². The van der Waals surface area contributed by atoms with Crippen LogP contribution in [-0.2, 0) is 22.4 Å². The fourth-order valence-corrected chi connectivity index (χ4v) is 2.55. The number of amides is 1. The first kappa shape index (κ1) is 16.6. The maximum Gasteiger partial charge on any atom is 0.326 e. The smallest absolute Gasteiger partial charge is 0.326 e. The molecule has 0 aliphatic heterocycles. The molecule has 0 aromatic carbocycles. The van der Waals surface area contributed by atoms with Crippen LogP contribution >= 0.6 is 11.3 Å². The monoisotopic (exact) mass is 299 g/mol. The van der Waals surface area contributed by atoms with Crippen LogP contribution in [0.15, 0.2) is 5.38 Å². The first-order valence-corrected chi connectivity index (χ1v) is 7.51. The fourth-order valence-electron chi connectivity index (χ4n) is 1.74. The van der Waals surface area contributed by atoms with Crippen LogP contribution in [0.2, 0.25) is 0 Å². The molecular formula is C13H21N3O3S. The third-order valence-electron chi connectivity index (χ3n) is 3.09. The maximum atomic E-state index is 11.9. The number of carbonyl (C=O) groups is 2. The van der Waals surface area contributed by atoms with Gasteiger partial charge in [0.15, 0.2) is 0 Å². The lowest BCUT2D eigenvalue weighted by Gasteiger charge is -2.19. The van der Waals surface area contributed by atoms with Crippen LogP contribution in [0.5, 0.6) is 0 Å². The number of rotatable bonds is 8. The van der Waals surface area contributed by atoms with Crippen molar-refractivity contribution in [3.63, 3.8) is 0 Å². The van der Waals surface area contributed by atoms with Crippen LogP contribution in [0.3, 0.4) is 0 Å². The molecule has 0 aliphatic carbocycles. The molecule has 1 aromatic rings. The average molecular weight is 299 g/mol. The molecule has 1 rings (SSSR count). The van der Waals surface area contributed by atoms with E-state index in [1.807, 2.05) is 12.3 Å². The van der Waals surface area contributed by atoms with Crippen molar-refractivity contribution in [1.29, 1.82) is 0 Å². The largest absolute Gasteiger partial charge is 0.480 e. The summed E-state index contributed by atoms with van der Waals surface area (Å²) in [5, 5.41) is 14.4. The topological polar surface area (TPSA) is 105 Å². The van der Waals surface area contributed by atoms with Crippen LogP contribution in [0.25, 0.3) is 0 Å². The molecule has 2 unspecified atom stereocenters. The first-order valence-electron chi connectivity index (χ1n) is 6.63. The van der Waals surface area contributed by atoms with E-state index in [4.69, 9.17) is 10.8 Å². The molecule has 0 radical (unpaired) electrons.